The standard InChI is InChI=1S/C16H25N5O3/c1-18-8-10-19(11-9-18)13-16(22)4-6-20(7-5-16)14-2-3-15(17-12-14)21(23)24/h2-3,12,22H,4-11,13H2,1H3. The topological polar surface area (TPSA) is 86.0 Å². The molecule has 2 aliphatic rings. The summed E-state index contributed by atoms with van der Waals surface area (Å²) in [6.07, 6.45) is 2.95. The molecule has 8 nitrogen and oxygen atoms in total. The number of likely N-dealkylation sites (N-methyl/N-ethyl adjacent to an activating group) is 1. The number of anilines is 1. The maximum absolute atomic E-state index is 10.9. The summed E-state index contributed by atoms with van der Waals surface area (Å²) in [5, 5.41) is 21.6. The molecule has 0 radical (unpaired) electrons. The number of nitro groups is 1. The van der Waals surface area contributed by atoms with Crippen LogP contribution in [0.25, 0.3) is 0 Å². The van der Waals surface area contributed by atoms with E-state index in [0.29, 0.717) is 12.8 Å². The van der Waals surface area contributed by atoms with Gasteiger partial charge in [0.2, 0.25) is 0 Å². The first-order valence-corrected chi connectivity index (χ1v) is 8.44. The highest BCUT2D eigenvalue weighted by Crippen LogP contribution is 2.27. The molecule has 1 N–H and O–H groups in total. The Morgan fingerprint density at radius 3 is 2.42 bits per heavy atom. The average molecular weight is 335 g/mol. The third-order valence-corrected chi connectivity index (χ3v) is 5.09. The molecule has 2 fully saturated rings. The summed E-state index contributed by atoms with van der Waals surface area (Å²) in [7, 11) is 2.13. The van der Waals surface area contributed by atoms with Gasteiger partial charge in [0.05, 0.1) is 11.3 Å². The van der Waals surface area contributed by atoms with Gasteiger partial charge in [0.25, 0.3) is 0 Å². The van der Waals surface area contributed by atoms with Gasteiger partial charge in [-0.1, -0.05) is 0 Å². The van der Waals surface area contributed by atoms with Crippen LogP contribution in [0.15, 0.2) is 18.3 Å². The molecule has 2 aliphatic heterocycles. The van der Waals surface area contributed by atoms with Crippen LogP contribution in [0.1, 0.15) is 12.8 Å². The van der Waals surface area contributed by atoms with E-state index in [1.165, 1.54) is 6.07 Å². The summed E-state index contributed by atoms with van der Waals surface area (Å²) in [6, 6.07) is 3.16. The monoisotopic (exact) mass is 335 g/mol. The number of piperidine rings is 1. The molecule has 0 aromatic carbocycles. The van der Waals surface area contributed by atoms with E-state index in [9.17, 15) is 15.2 Å². The Kier molecular flexibility index (Phi) is 4.98. The number of hydrogen-bond acceptors (Lipinski definition) is 7. The van der Waals surface area contributed by atoms with Crippen LogP contribution in [0.5, 0.6) is 0 Å². The van der Waals surface area contributed by atoms with Crippen LogP contribution >= 0.6 is 0 Å². The van der Waals surface area contributed by atoms with E-state index in [4.69, 9.17) is 0 Å². The molecule has 0 unspecified atom stereocenters. The van der Waals surface area contributed by atoms with Gasteiger partial charge in [0.1, 0.15) is 0 Å². The minimum Gasteiger partial charge on any atom is -0.388 e. The Balaban J connectivity index is 1.53. The molecule has 3 heterocycles. The van der Waals surface area contributed by atoms with Gasteiger partial charge < -0.3 is 25.0 Å². The van der Waals surface area contributed by atoms with Crippen LogP contribution in [0.4, 0.5) is 11.5 Å². The van der Waals surface area contributed by atoms with Crippen molar-refractivity contribution in [2.24, 2.45) is 0 Å². The number of piperazine rings is 1. The highest BCUT2D eigenvalue weighted by atomic mass is 16.6. The number of aromatic nitrogens is 1. The number of rotatable bonds is 4. The summed E-state index contributed by atoms with van der Waals surface area (Å²) in [6.45, 7) is 6.33. The van der Waals surface area contributed by atoms with E-state index in [2.05, 4.69) is 26.7 Å². The highest BCUT2D eigenvalue weighted by molar-refractivity contribution is 5.47. The van der Waals surface area contributed by atoms with E-state index in [0.717, 1.165) is 51.5 Å². The lowest BCUT2D eigenvalue weighted by Crippen LogP contribution is -2.54. The number of aliphatic hydroxyl groups is 1. The van der Waals surface area contributed by atoms with Crippen molar-refractivity contribution in [3.05, 3.63) is 28.4 Å². The van der Waals surface area contributed by atoms with Gasteiger partial charge in [0, 0.05) is 51.9 Å². The minimum atomic E-state index is -0.638. The Morgan fingerprint density at radius 2 is 1.88 bits per heavy atom. The quantitative estimate of drug-likeness (QED) is 0.636. The lowest BCUT2D eigenvalue weighted by molar-refractivity contribution is -0.389. The van der Waals surface area contributed by atoms with Gasteiger partial charge in [-0.3, -0.25) is 4.90 Å². The Bertz CT molecular complexity index is 564. The molecule has 3 rings (SSSR count). The summed E-state index contributed by atoms with van der Waals surface area (Å²) in [5.41, 5.74) is 0.239. The number of β-amino-alcohol motifs (C(OH)–C–C–N with tert-alkyl or cyclic N) is 1. The highest BCUT2D eigenvalue weighted by Gasteiger charge is 2.35. The van der Waals surface area contributed by atoms with Crippen LogP contribution in [-0.2, 0) is 0 Å². The van der Waals surface area contributed by atoms with Gasteiger partial charge in [0.15, 0.2) is 6.20 Å². The van der Waals surface area contributed by atoms with Crippen LogP contribution < -0.4 is 4.90 Å². The van der Waals surface area contributed by atoms with Gasteiger partial charge in [-0.25, -0.2) is 0 Å². The zero-order chi connectivity index (χ0) is 17.2. The van der Waals surface area contributed by atoms with Crippen molar-refractivity contribution in [1.29, 1.82) is 0 Å². The van der Waals surface area contributed by atoms with Crippen LogP contribution in [-0.4, -0.2) is 83.3 Å². The van der Waals surface area contributed by atoms with Crippen LogP contribution in [0.2, 0.25) is 0 Å². The van der Waals surface area contributed by atoms with Crippen molar-refractivity contribution in [2.45, 2.75) is 18.4 Å². The Labute approximate surface area is 141 Å². The molecule has 8 heteroatoms. The summed E-state index contributed by atoms with van der Waals surface area (Å²) < 4.78 is 0. The van der Waals surface area contributed by atoms with Gasteiger partial charge in [-0.2, -0.15) is 0 Å². The molecule has 0 saturated carbocycles. The largest absolute Gasteiger partial charge is 0.388 e. The van der Waals surface area contributed by atoms with Gasteiger partial charge in [-0.05, 0) is 35.9 Å². The van der Waals surface area contributed by atoms with Crippen molar-refractivity contribution < 1.29 is 10.0 Å². The molecule has 132 valence electrons. The Morgan fingerprint density at radius 1 is 1.21 bits per heavy atom. The maximum atomic E-state index is 10.9. The zero-order valence-electron chi connectivity index (χ0n) is 14.1. The van der Waals surface area contributed by atoms with Crippen molar-refractivity contribution in [3.63, 3.8) is 0 Å². The second-order valence-corrected chi connectivity index (χ2v) is 6.92. The molecular formula is C16H25N5O3. The van der Waals surface area contributed by atoms with E-state index in [-0.39, 0.29) is 5.82 Å². The van der Waals surface area contributed by atoms with E-state index in [1.807, 2.05) is 0 Å². The van der Waals surface area contributed by atoms with Crippen molar-refractivity contribution >= 4 is 11.5 Å². The predicted molar refractivity (Wildman–Crippen MR) is 91.2 cm³/mol. The molecular weight excluding hydrogens is 310 g/mol. The molecule has 0 aliphatic carbocycles. The first-order chi connectivity index (χ1) is 11.5. The third-order valence-electron chi connectivity index (χ3n) is 5.09. The molecule has 1 aromatic heterocycles. The van der Waals surface area contributed by atoms with Crippen molar-refractivity contribution in [3.8, 4) is 0 Å². The minimum absolute atomic E-state index is 0.137. The fourth-order valence-corrected chi connectivity index (χ4v) is 3.43. The maximum Gasteiger partial charge on any atom is 0.363 e. The SMILES string of the molecule is CN1CCN(CC2(O)CCN(c3ccc([N+](=O)[O-])nc3)CC2)CC1. The molecule has 0 atom stereocenters. The lowest BCUT2D eigenvalue weighted by atomic mass is 9.90. The Hall–Kier alpha value is -1.77. The number of hydrogen-bond donors (Lipinski definition) is 1. The summed E-state index contributed by atoms with van der Waals surface area (Å²) in [4.78, 5) is 20.8. The number of pyridine rings is 1. The first-order valence-electron chi connectivity index (χ1n) is 8.44. The van der Waals surface area contributed by atoms with Crippen LogP contribution in [0, 0.1) is 10.1 Å². The fourth-order valence-electron chi connectivity index (χ4n) is 3.43. The molecule has 0 amide bonds. The molecule has 2 saturated heterocycles. The molecule has 0 bridgehead atoms. The lowest BCUT2D eigenvalue weighted by Gasteiger charge is -2.43. The van der Waals surface area contributed by atoms with Crippen molar-refractivity contribution in [1.82, 2.24) is 14.8 Å². The zero-order valence-corrected chi connectivity index (χ0v) is 14.1. The fraction of sp³-hybridized carbons (Fsp3) is 0.688. The van der Waals surface area contributed by atoms with Gasteiger partial charge >= 0.3 is 5.82 Å². The molecule has 1 aromatic rings. The van der Waals surface area contributed by atoms with Crippen LogP contribution in [0.3, 0.4) is 0 Å². The number of nitrogens with zero attached hydrogens (tertiary/aromatic N) is 5. The van der Waals surface area contributed by atoms with E-state index >= 15 is 0 Å². The van der Waals surface area contributed by atoms with E-state index < -0.39 is 10.5 Å². The normalized spacial score (nSPS) is 22.5. The molecule has 0 spiro atoms. The second-order valence-electron chi connectivity index (χ2n) is 6.92. The molecule has 24 heavy (non-hydrogen) atoms. The smallest absolute Gasteiger partial charge is 0.363 e. The van der Waals surface area contributed by atoms with Crippen molar-refractivity contribution in [2.75, 3.05) is 57.8 Å². The van der Waals surface area contributed by atoms with Gasteiger partial charge in [-0.15, -0.1) is 0 Å². The first kappa shape index (κ1) is 17.1. The summed E-state index contributed by atoms with van der Waals surface area (Å²) >= 11 is 0. The third kappa shape index (κ3) is 4.00. The summed E-state index contributed by atoms with van der Waals surface area (Å²) in [5.74, 6) is -0.137. The van der Waals surface area contributed by atoms with E-state index in [1.54, 1.807) is 12.3 Å². The predicted octanol–water partition coefficient (Wildman–Crippen LogP) is 0.568. The second kappa shape index (κ2) is 7.00. The average Bonchev–Trinajstić information content (AvgIpc) is 2.58.